The standard InChI is InChI=1S/C18H20ClN3O2/c19-10-4-14(13-8-20-22-15(13)5-10)18(24)6-11-12(7-18)16(11)21-17(23)9-2-1-3-9/h4-5,8-9,11-12,16,24H,1-3,6-7H2,(H,20,22)(H,21,23). The van der Waals surface area contributed by atoms with Crippen LogP contribution in [0, 0.1) is 17.8 Å². The molecule has 0 spiro atoms. The number of hydrogen-bond acceptors (Lipinski definition) is 3. The lowest BCUT2D eigenvalue weighted by atomic mass is 9.84. The number of H-pyrrole nitrogens is 1. The summed E-state index contributed by atoms with van der Waals surface area (Å²) >= 11 is 6.21. The van der Waals surface area contributed by atoms with Crippen molar-refractivity contribution in [3.63, 3.8) is 0 Å². The third-order valence-corrected chi connectivity index (χ3v) is 6.51. The molecule has 3 aliphatic rings. The van der Waals surface area contributed by atoms with Gasteiger partial charge in [0, 0.05) is 22.4 Å². The molecule has 126 valence electrons. The molecule has 3 fully saturated rings. The molecule has 2 unspecified atom stereocenters. The van der Waals surface area contributed by atoms with Gasteiger partial charge in [0.15, 0.2) is 0 Å². The Labute approximate surface area is 144 Å². The molecule has 5 rings (SSSR count). The number of hydrogen-bond donors (Lipinski definition) is 3. The Morgan fingerprint density at radius 3 is 2.75 bits per heavy atom. The lowest BCUT2D eigenvalue weighted by molar-refractivity contribution is -0.127. The Morgan fingerprint density at radius 1 is 1.33 bits per heavy atom. The quantitative estimate of drug-likeness (QED) is 0.800. The summed E-state index contributed by atoms with van der Waals surface area (Å²) in [6.45, 7) is 0. The summed E-state index contributed by atoms with van der Waals surface area (Å²) in [7, 11) is 0. The molecule has 1 aromatic heterocycles. The highest BCUT2D eigenvalue weighted by atomic mass is 35.5. The third kappa shape index (κ3) is 2.11. The van der Waals surface area contributed by atoms with E-state index in [-0.39, 0.29) is 17.9 Å². The summed E-state index contributed by atoms with van der Waals surface area (Å²) < 4.78 is 0. The monoisotopic (exact) mass is 345 g/mol. The molecule has 24 heavy (non-hydrogen) atoms. The lowest BCUT2D eigenvalue weighted by Crippen LogP contribution is -2.39. The van der Waals surface area contributed by atoms with Crippen LogP contribution in [0.1, 0.15) is 37.7 Å². The lowest BCUT2D eigenvalue weighted by Gasteiger charge is -2.29. The smallest absolute Gasteiger partial charge is 0.223 e. The van der Waals surface area contributed by atoms with Crippen LogP contribution in [-0.2, 0) is 10.4 Å². The maximum absolute atomic E-state index is 12.1. The fourth-order valence-corrected chi connectivity index (χ4v) is 4.87. The Kier molecular flexibility index (Phi) is 3.04. The van der Waals surface area contributed by atoms with Gasteiger partial charge in [-0.3, -0.25) is 9.89 Å². The summed E-state index contributed by atoms with van der Waals surface area (Å²) in [5.74, 6) is 1.19. The average Bonchev–Trinajstić information content (AvgIpc) is 2.89. The molecular formula is C18H20ClN3O2. The number of nitrogens with zero attached hydrogens (tertiary/aromatic N) is 1. The van der Waals surface area contributed by atoms with Gasteiger partial charge in [0.05, 0.1) is 17.3 Å². The predicted octanol–water partition coefficient (Wildman–Crippen LogP) is 2.73. The van der Waals surface area contributed by atoms with Crippen LogP contribution in [0.2, 0.25) is 5.02 Å². The topological polar surface area (TPSA) is 78.0 Å². The van der Waals surface area contributed by atoms with Crippen molar-refractivity contribution in [2.45, 2.75) is 43.7 Å². The predicted molar refractivity (Wildman–Crippen MR) is 90.5 cm³/mol. The molecule has 3 saturated carbocycles. The number of carbonyl (C=O) groups excluding carboxylic acids is 1. The fraction of sp³-hybridized carbons (Fsp3) is 0.556. The number of halogens is 1. The van der Waals surface area contributed by atoms with E-state index in [4.69, 9.17) is 11.6 Å². The second kappa shape index (κ2) is 4.96. The Balaban J connectivity index is 1.34. The van der Waals surface area contributed by atoms with Gasteiger partial charge in [0.1, 0.15) is 0 Å². The third-order valence-electron chi connectivity index (χ3n) is 6.29. The van der Waals surface area contributed by atoms with Crippen LogP contribution in [0.3, 0.4) is 0 Å². The number of benzene rings is 1. The maximum Gasteiger partial charge on any atom is 0.223 e. The molecule has 0 bridgehead atoms. The number of nitrogens with one attached hydrogen (secondary N) is 2. The first-order chi connectivity index (χ1) is 11.5. The van der Waals surface area contributed by atoms with Crippen molar-refractivity contribution in [1.82, 2.24) is 15.5 Å². The van der Waals surface area contributed by atoms with Crippen LogP contribution in [0.25, 0.3) is 10.9 Å². The first kappa shape index (κ1) is 14.7. The highest BCUT2D eigenvalue weighted by Gasteiger charge is 2.62. The number of amides is 1. The molecule has 3 N–H and O–H groups in total. The van der Waals surface area contributed by atoms with Crippen LogP contribution in [0.15, 0.2) is 18.3 Å². The van der Waals surface area contributed by atoms with E-state index >= 15 is 0 Å². The maximum atomic E-state index is 12.1. The zero-order valence-electron chi connectivity index (χ0n) is 13.3. The van der Waals surface area contributed by atoms with Crippen molar-refractivity contribution in [3.8, 4) is 0 Å². The van der Waals surface area contributed by atoms with Crippen LogP contribution in [-0.4, -0.2) is 27.3 Å². The molecule has 0 radical (unpaired) electrons. The zero-order chi connectivity index (χ0) is 16.5. The molecule has 6 heteroatoms. The highest BCUT2D eigenvalue weighted by Crippen LogP contribution is 2.60. The largest absolute Gasteiger partial charge is 0.385 e. The van der Waals surface area contributed by atoms with Gasteiger partial charge < -0.3 is 10.4 Å². The zero-order valence-corrected chi connectivity index (χ0v) is 14.0. The van der Waals surface area contributed by atoms with Crippen molar-refractivity contribution in [3.05, 3.63) is 28.9 Å². The average molecular weight is 346 g/mol. The van der Waals surface area contributed by atoms with Crippen LogP contribution < -0.4 is 5.32 Å². The summed E-state index contributed by atoms with van der Waals surface area (Å²) in [5, 5.41) is 22.9. The van der Waals surface area contributed by atoms with Gasteiger partial charge >= 0.3 is 0 Å². The molecule has 2 aromatic rings. The molecule has 1 heterocycles. The molecule has 1 amide bonds. The SMILES string of the molecule is O=C(NC1C2CC(O)(c3cc(Cl)cc4[nH]ncc34)CC21)C1CCC1. The fourth-order valence-electron chi connectivity index (χ4n) is 4.65. The normalized spacial score (nSPS) is 34.8. The van der Waals surface area contributed by atoms with Crippen LogP contribution in [0.5, 0.6) is 0 Å². The molecule has 3 aliphatic carbocycles. The number of aromatic nitrogens is 2. The van der Waals surface area contributed by atoms with Crippen LogP contribution >= 0.6 is 11.6 Å². The Morgan fingerprint density at radius 2 is 2.08 bits per heavy atom. The minimum absolute atomic E-state index is 0.212. The van der Waals surface area contributed by atoms with Gasteiger partial charge in [-0.15, -0.1) is 0 Å². The van der Waals surface area contributed by atoms with Gasteiger partial charge in [-0.1, -0.05) is 18.0 Å². The van der Waals surface area contributed by atoms with E-state index in [0.29, 0.717) is 29.7 Å². The summed E-state index contributed by atoms with van der Waals surface area (Å²) in [5.41, 5.74) is 0.830. The first-order valence-corrected chi connectivity index (χ1v) is 9.09. The number of fused-ring (bicyclic) bond motifs is 2. The van der Waals surface area contributed by atoms with Gasteiger partial charge in [-0.2, -0.15) is 5.10 Å². The van der Waals surface area contributed by atoms with Gasteiger partial charge in [0.2, 0.25) is 5.91 Å². The molecule has 2 atom stereocenters. The van der Waals surface area contributed by atoms with E-state index in [0.717, 1.165) is 29.3 Å². The van der Waals surface area contributed by atoms with Crippen molar-refractivity contribution >= 4 is 28.4 Å². The Bertz CT molecular complexity index is 817. The summed E-state index contributed by atoms with van der Waals surface area (Å²) in [6, 6.07) is 3.93. The molecule has 0 aliphatic heterocycles. The van der Waals surface area contributed by atoms with Crippen molar-refractivity contribution in [2.75, 3.05) is 0 Å². The second-order valence-electron chi connectivity index (χ2n) is 7.71. The van der Waals surface area contributed by atoms with E-state index < -0.39 is 5.60 Å². The van der Waals surface area contributed by atoms with Gasteiger partial charge in [0.25, 0.3) is 0 Å². The van der Waals surface area contributed by atoms with E-state index in [2.05, 4.69) is 15.5 Å². The van der Waals surface area contributed by atoms with E-state index in [1.165, 1.54) is 6.42 Å². The van der Waals surface area contributed by atoms with Gasteiger partial charge in [-0.25, -0.2) is 0 Å². The molecule has 5 nitrogen and oxygen atoms in total. The van der Waals surface area contributed by atoms with Crippen molar-refractivity contribution in [1.29, 1.82) is 0 Å². The van der Waals surface area contributed by atoms with Gasteiger partial charge in [-0.05, 0) is 55.2 Å². The minimum atomic E-state index is -0.875. The Hall–Kier alpha value is -1.59. The van der Waals surface area contributed by atoms with Crippen LogP contribution in [0.4, 0.5) is 0 Å². The number of aliphatic hydroxyl groups is 1. The molecular weight excluding hydrogens is 326 g/mol. The molecule has 1 aromatic carbocycles. The van der Waals surface area contributed by atoms with E-state index in [9.17, 15) is 9.90 Å². The second-order valence-corrected chi connectivity index (χ2v) is 8.15. The molecule has 0 saturated heterocycles. The number of rotatable bonds is 3. The highest BCUT2D eigenvalue weighted by molar-refractivity contribution is 6.31. The van der Waals surface area contributed by atoms with Crippen molar-refractivity contribution < 1.29 is 9.90 Å². The summed E-state index contributed by atoms with van der Waals surface area (Å²) in [6.07, 6.45) is 6.32. The number of aromatic amines is 1. The van der Waals surface area contributed by atoms with Crippen molar-refractivity contribution in [2.24, 2.45) is 17.8 Å². The van der Waals surface area contributed by atoms with E-state index in [1.54, 1.807) is 6.20 Å². The minimum Gasteiger partial charge on any atom is -0.385 e. The number of carbonyl (C=O) groups is 1. The summed E-state index contributed by atoms with van der Waals surface area (Å²) in [4.78, 5) is 12.1. The van der Waals surface area contributed by atoms with E-state index in [1.807, 2.05) is 12.1 Å². The first-order valence-electron chi connectivity index (χ1n) is 8.71.